The molecular formula is C18H21NO4S. The smallest absolute Gasteiger partial charge is 0.326 e. The van der Waals surface area contributed by atoms with E-state index in [1.165, 1.54) is 5.56 Å². The van der Waals surface area contributed by atoms with E-state index in [1.807, 2.05) is 24.3 Å². The van der Waals surface area contributed by atoms with Crippen molar-refractivity contribution in [1.29, 1.82) is 0 Å². The number of benzene rings is 1. The van der Waals surface area contributed by atoms with E-state index in [0.29, 0.717) is 10.8 Å². The number of carbonyl (C=O) groups is 3. The van der Waals surface area contributed by atoms with E-state index in [-0.39, 0.29) is 12.6 Å². The summed E-state index contributed by atoms with van der Waals surface area (Å²) in [4.78, 5) is 37.2. The van der Waals surface area contributed by atoms with E-state index in [1.54, 1.807) is 19.9 Å². The van der Waals surface area contributed by atoms with Crippen molar-refractivity contribution in [2.24, 2.45) is 0 Å². The minimum Gasteiger partial charge on any atom is -0.462 e. The first kappa shape index (κ1) is 18.3. The Balaban J connectivity index is 2.11. The normalized spacial score (nSPS) is 16.6. The van der Waals surface area contributed by atoms with Crippen LogP contribution in [-0.4, -0.2) is 34.7 Å². The van der Waals surface area contributed by atoms with Gasteiger partial charge in [0.2, 0.25) is 0 Å². The number of esters is 1. The lowest BCUT2D eigenvalue weighted by Crippen LogP contribution is -2.35. The summed E-state index contributed by atoms with van der Waals surface area (Å²) in [6.07, 6.45) is 1.38. The first-order valence-electron chi connectivity index (χ1n) is 7.82. The van der Waals surface area contributed by atoms with E-state index in [0.717, 1.165) is 22.2 Å². The third-order valence-electron chi connectivity index (χ3n) is 3.43. The fourth-order valence-electron chi connectivity index (χ4n) is 2.19. The summed E-state index contributed by atoms with van der Waals surface area (Å²) in [6.45, 7) is 7.29. The maximum atomic E-state index is 12.3. The first-order chi connectivity index (χ1) is 11.3. The Morgan fingerprint density at radius 3 is 2.33 bits per heavy atom. The van der Waals surface area contributed by atoms with Gasteiger partial charge in [0.1, 0.15) is 6.54 Å². The van der Waals surface area contributed by atoms with Crippen LogP contribution in [0.15, 0.2) is 29.2 Å². The molecule has 0 spiro atoms. The highest BCUT2D eigenvalue weighted by Crippen LogP contribution is 2.32. The number of imide groups is 1. The van der Waals surface area contributed by atoms with Gasteiger partial charge in [-0.05, 0) is 48.7 Å². The quantitative estimate of drug-likeness (QED) is 0.599. The Kier molecular flexibility index (Phi) is 5.83. The summed E-state index contributed by atoms with van der Waals surface area (Å²) in [5.74, 6) is -0.619. The zero-order valence-electron chi connectivity index (χ0n) is 14.2. The van der Waals surface area contributed by atoms with Crippen LogP contribution in [0.2, 0.25) is 0 Å². The minimum absolute atomic E-state index is 0.285. The Hall–Kier alpha value is -2.08. The van der Waals surface area contributed by atoms with Gasteiger partial charge in [0.25, 0.3) is 11.1 Å². The lowest BCUT2D eigenvalue weighted by atomic mass is 10.0. The first-order valence-corrected chi connectivity index (χ1v) is 8.64. The van der Waals surface area contributed by atoms with Crippen molar-refractivity contribution in [3.8, 4) is 0 Å². The van der Waals surface area contributed by atoms with Crippen molar-refractivity contribution in [1.82, 2.24) is 4.90 Å². The largest absolute Gasteiger partial charge is 0.462 e. The predicted molar refractivity (Wildman–Crippen MR) is 94.4 cm³/mol. The Morgan fingerprint density at radius 1 is 1.17 bits per heavy atom. The second kappa shape index (κ2) is 7.66. The molecule has 0 aromatic heterocycles. The summed E-state index contributed by atoms with van der Waals surface area (Å²) in [5.41, 5.74) is 2.05. The average Bonchev–Trinajstić information content (AvgIpc) is 2.74. The van der Waals surface area contributed by atoms with Gasteiger partial charge in [-0.3, -0.25) is 19.3 Å². The van der Waals surface area contributed by atoms with Gasteiger partial charge in [0.05, 0.1) is 11.0 Å². The number of amides is 2. The number of nitrogens with zero attached hydrogens (tertiary/aromatic N) is 1. The van der Waals surface area contributed by atoms with Crippen molar-refractivity contribution in [3.05, 3.63) is 40.3 Å². The van der Waals surface area contributed by atoms with Gasteiger partial charge in [0.15, 0.2) is 0 Å². The third kappa shape index (κ3) is 4.47. The number of ether oxygens (including phenoxy) is 1. The topological polar surface area (TPSA) is 63.7 Å². The van der Waals surface area contributed by atoms with Crippen molar-refractivity contribution >= 4 is 35.0 Å². The Morgan fingerprint density at radius 2 is 1.79 bits per heavy atom. The average molecular weight is 347 g/mol. The fourth-order valence-corrected chi connectivity index (χ4v) is 3.03. The van der Waals surface area contributed by atoms with Crippen LogP contribution >= 0.6 is 11.8 Å². The molecule has 1 saturated heterocycles. The molecule has 24 heavy (non-hydrogen) atoms. The van der Waals surface area contributed by atoms with E-state index >= 15 is 0 Å². The molecule has 5 nitrogen and oxygen atoms in total. The molecule has 2 amide bonds. The van der Waals surface area contributed by atoms with Crippen molar-refractivity contribution in [2.45, 2.75) is 39.7 Å². The van der Waals surface area contributed by atoms with Crippen LogP contribution < -0.4 is 0 Å². The monoisotopic (exact) mass is 347 g/mol. The molecule has 0 radical (unpaired) electrons. The molecule has 1 aliphatic heterocycles. The molecule has 0 bridgehead atoms. The van der Waals surface area contributed by atoms with Crippen LogP contribution in [0.4, 0.5) is 4.79 Å². The maximum Gasteiger partial charge on any atom is 0.326 e. The van der Waals surface area contributed by atoms with Crippen LogP contribution in [0.1, 0.15) is 44.7 Å². The van der Waals surface area contributed by atoms with Gasteiger partial charge in [0, 0.05) is 0 Å². The van der Waals surface area contributed by atoms with Gasteiger partial charge < -0.3 is 4.74 Å². The van der Waals surface area contributed by atoms with Crippen molar-refractivity contribution in [2.75, 3.05) is 6.54 Å². The molecule has 1 aliphatic rings. The molecular weight excluding hydrogens is 326 g/mol. The second-order valence-corrected chi connectivity index (χ2v) is 7.12. The lowest BCUT2D eigenvalue weighted by molar-refractivity contribution is -0.149. The molecule has 0 unspecified atom stereocenters. The number of rotatable bonds is 5. The standard InChI is InChI=1S/C18H21NO4S/c1-11(2)14-7-5-13(6-8-14)9-15-17(21)19(18(22)24-15)10-16(20)23-12(3)4/h5-9,11-12H,10H2,1-4H3. The molecule has 6 heteroatoms. The highest BCUT2D eigenvalue weighted by Gasteiger charge is 2.36. The van der Waals surface area contributed by atoms with Crippen LogP contribution in [0.5, 0.6) is 0 Å². The van der Waals surface area contributed by atoms with Gasteiger partial charge in [-0.25, -0.2) is 0 Å². The fraction of sp³-hybridized carbons (Fsp3) is 0.389. The highest BCUT2D eigenvalue weighted by molar-refractivity contribution is 8.18. The summed E-state index contributed by atoms with van der Waals surface area (Å²) in [5, 5.41) is -0.453. The summed E-state index contributed by atoms with van der Waals surface area (Å²) < 4.78 is 4.98. The lowest BCUT2D eigenvalue weighted by Gasteiger charge is -2.13. The Bertz CT molecular complexity index is 677. The van der Waals surface area contributed by atoms with Gasteiger partial charge >= 0.3 is 5.97 Å². The molecule has 128 valence electrons. The van der Waals surface area contributed by atoms with Gasteiger partial charge in [-0.1, -0.05) is 38.1 Å². The second-order valence-electron chi connectivity index (χ2n) is 6.13. The number of carbonyl (C=O) groups excluding carboxylic acids is 3. The summed E-state index contributed by atoms with van der Waals surface area (Å²) >= 11 is 0.839. The zero-order chi connectivity index (χ0) is 17.9. The van der Waals surface area contributed by atoms with Crippen molar-refractivity contribution in [3.63, 3.8) is 0 Å². The Labute approximate surface area is 146 Å². The molecule has 2 rings (SSSR count). The van der Waals surface area contributed by atoms with Crippen LogP contribution in [0.25, 0.3) is 6.08 Å². The SMILES string of the molecule is CC(C)OC(=O)CN1C(=O)SC(=Cc2ccc(C(C)C)cc2)C1=O. The zero-order valence-corrected chi connectivity index (χ0v) is 15.1. The molecule has 1 fully saturated rings. The van der Waals surface area contributed by atoms with E-state index in [9.17, 15) is 14.4 Å². The molecule has 1 heterocycles. The van der Waals surface area contributed by atoms with E-state index < -0.39 is 17.1 Å². The molecule has 1 aromatic carbocycles. The molecule has 0 atom stereocenters. The third-order valence-corrected chi connectivity index (χ3v) is 4.34. The summed E-state index contributed by atoms with van der Waals surface area (Å²) in [6, 6.07) is 7.83. The van der Waals surface area contributed by atoms with Gasteiger partial charge in [-0.2, -0.15) is 0 Å². The van der Waals surface area contributed by atoms with Crippen LogP contribution in [0.3, 0.4) is 0 Å². The van der Waals surface area contributed by atoms with Crippen molar-refractivity contribution < 1.29 is 19.1 Å². The van der Waals surface area contributed by atoms with E-state index in [2.05, 4.69) is 13.8 Å². The molecule has 0 saturated carbocycles. The molecule has 0 aliphatic carbocycles. The number of hydrogen-bond donors (Lipinski definition) is 0. The number of thioether (sulfide) groups is 1. The number of hydrogen-bond acceptors (Lipinski definition) is 5. The van der Waals surface area contributed by atoms with Crippen LogP contribution in [-0.2, 0) is 14.3 Å². The molecule has 1 aromatic rings. The van der Waals surface area contributed by atoms with Crippen LogP contribution in [0, 0.1) is 0 Å². The maximum absolute atomic E-state index is 12.3. The van der Waals surface area contributed by atoms with Gasteiger partial charge in [-0.15, -0.1) is 0 Å². The predicted octanol–water partition coefficient (Wildman–Crippen LogP) is 3.80. The van der Waals surface area contributed by atoms with E-state index in [4.69, 9.17) is 4.74 Å². The minimum atomic E-state index is -0.588. The molecule has 0 N–H and O–H groups in total. The highest BCUT2D eigenvalue weighted by atomic mass is 32.2. The summed E-state index contributed by atoms with van der Waals surface area (Å²) in [7, 11) is 0.